The van der Waals surface area contributed by atoms with Crippen molar-refractivity contribution in [2.24, 2.45) is 29.1 Å². The summed E-state index contributed by atoms with van der Waals surface area (Å²) in [5, 5.41) is 0. The van der Waals surface area contributed by atoms with Crippen LogP contribution in [0.15, 0.2) is 47.6 Å². The molecule has 0 radical (unpaired) electrons. The third-order valence-electron chi connectivity index (χ3n) is 7.79. The summed E-state index contributed by atoms with van der Waals surface area (Å²) in [5.74, 6) is 2.73. The first-order chi connectivity index (χ1) is 14.1. The van der Waals surface area contributed by atoms with Crippen molar-refractivity contribution in [1.29, 1.82) is 0 Å². The first-order valence-corrected chi connectivity index (χ1v) is 12.8. The molecule has 170 valence electrons. The quantitative estimate of drug-likeness (QED) is 0.395. The molecule has 4 unspecified atom stereocenters. The topological polar surface area (TPSA) is 0 Å². The van der Waals surface area contributed by atoms with E-state index < -0.39 is 0 Å². The second-order valence-corrected chi connectivity index (χ2v) is 11.8. The van der Waals surface area contributed by atoms with Crippen LogP contribution in [0.5, 0.6) is 0 Å². The third-order valence-corrected chi connectivity index (χ3v) is 7.79. The van der Waals surface area contributed by atoms with Gasteiger partial charge in [-0.2, -0.15) is 0 Å². The van der Waals surface area contributed by atoms with Crippen molar-refractivity contribution in [2.45, 2.75) is 112 Å². The summed E-state index contributed by atoms with van der Waals surface area (Å²) in [4.78, 5) is 0. The summed E-state index contributed by atoms with van der Waals surface area (Å²) in [6.07, 6.45) is 19.2. The summed E-state index contributed by atoms with van der Waals surface area (Å²) >= 11 is 0. The van der Waals surface area contributed by atoms with Gasteiger partial charge in [0.2, 0.25) is 0 Å². The molecule has 0 heterocycles. The zero-order chi connectivity index (χ0) is 22.3. The lowest BCUT2D eigenvalue weighted by Gasteiger charge is -2.29. The largest absolute Gasteiger partial charge is 0.0996 e. The maximum atomic E-state index is 4.53. The molecule has 2 saturated carbocycles. The lowest BCUT2D eigenvalue weighted by atomic mass is 9.76. The van der Waals surface area contributed by atoms with Gasteiger partial charge < -0.3 is 0 Å². The summed E-state index contributed by atoms with van der Waals surface area (Å²) in [5.41, 5.74) is 6.75. The van der Waals surface area contributed by atoms with Crippen LogP contribution in [-0.2, 0) is 0 Å². The highest BCUT2D eigenvalue weighted by Gasteiger charge is 2.23. The molecule has 0 amide bonds. The number of hydrogen-bond acceptors (Lipinski definition) is 0. The van der Waals surface area contributed by atoms with Crippen LogP contribution >= 0.6 is 0 Å². The Morgan fingerprint density at radius 2 is 1.60 bits per heavy atom. The van der Waals surface area contributed by atoms with Gasteiger partial charge in [0.15, 0.2) is 0 Å². The second kappa shape index (κ2) is 11.5. The highest BCUT2D eigenvalue weighted by molar-refractivity contribution is 5.25. The summed E-state index contributed by atoms with van der Waals surface area (Å²) in [6, 6.07) is 0. The van der Waals surface area contributed by atoms with Crippen molar-refractivity contribution in [2.75, 3.05) is 0 Å². The molecule has 0 aromatic heterocycles. The molecule has 0 spiro atoms. The minimum absolute atomic E-state index is 0.447. The molecule has 0 aromatic rings. The Morgan fingerprint density at radius 3 is 2.23 bits per heavy atom. The van der Waals surface area contributed by atoms with E-state index >= 15 is 0 Å². The van der Waals surface area contributed by atoms with E-state index in [1.165, 1.54) is 81.8 Å². The van der Waals surface area contributed by atoms with Crippen LogP contribution in [0.4, 0.5) is 0 Å². The Bertz CT molecular complexity index is 619. The van der Waals surface area contributed by atoms with Crippen LogP contribution < -0.4 is 0 Å². The smallest absolute Gasteiger partial charge is 0.0194 e. The standard InChI is InChI=1S/C30H50/c1-22(12-11-19-30(6,7)8)28-13-9-10-14-29(23(2)15-17-28)18-16-27-20-24(3)26(5)25(4)21-27/h16,18,23-25,28H,1,5,9-15,17,19-21H2,2-4,6-8H3. The van der Waals surface area contributed by atoms with E-state index in [1.54, 1.807) is 11.1 Å². The number of rotatable bonds is 5. The van der Waals surface area contributed by atoms with Crippen molar-refractivity contribution in [1.82, 2.24) is 0 Å². The van der Waals surface area contributed by atoms with Crippen molar-refractivity contribution >= 4 is 0 Å². The highest BCUT2D eigenvalue weighted by atomic mass is 14.3. The number of allylic oxidation sites excluding steroid dienone is 6. The zero-order valence-electron chi connectivity index (χ0n) is 21.2. The molecule has 2 fully saturated rings. The van der Waals surface area contributed by atoms with E-state index in [-0.39, 0.29) is 0 Å². The Hall–Kier alpha value is -1.04. The molecule has 4 atom stereocenters. The first kappa shape index (κ1) is 25.2. The summed E-state index contributed by atoms with van der Waals surface area (Å²) in [6.45, 7) is 23.0. The maximum Gasteiger partial charge on any atom is -0.0194 e. The fourth-order valence-corrected chi connectivity index (χ4v) is 5.43. The van der Waals surface area contributed by atoms with Crippen LogP contribution in [-0.4, -0.2) is 0 Å². The van der Waals surface area contributed by atoms with E-state index in [0.717, 1.165) is 5.92 Å². The van der Waals surface area contributed by atoms with E-state index in [1.807, 2.05) is 0 Å². The van der Waals surface area contributed by atoms with Gasteiger partial charge in [0.1, 0.15) is 0 Å². The van der Waals surface area contributed by atoms with Crippen molar-refractivity contribution in [3.05, 3.63) is 47.6 Å². The maximum absolute atomic E-state index is 4.53. The Morgan fingerprint density at radius 1 is 0.933 bits per heavy atom. The van der Waals surface area contributed by atoms with E-state index in [9.17, 15) is 0 Å². The van der Waals surface area contributed by atoms with Crippen molar-refractivity contribution in [3.8, 4) is 0 Å². The second-order valence-electron chi connectivity index (χ2n) is 11.8. The molecular weight excluding hydrogens is 360 g/mol. The molecule has 0 heteroatoms. The predicted octanol–water partition coefficient (Wildman–Crippen LogP) is 9.84. The lowest BCUT2D eigenvalue weighted by molar-refractivity contribution is 0.358. The van der Waals surface area contributed by atoms with Gasteiger partial charge in [-0.1, -0.05) is 95.6 Å². The molecule has 0 nitrogen and oxygen atoms in total. The Labute approximate surface area is 189 Å². The molecule has 0 aliphatic heterocycles. The normalized spacial score (nSPS) is 30.5. The molecule has 2 aliphatic carbocycles. The fourth-order valence-electron chi connectivity index (χ4n) is 5.43. The van der Waals surface area contributed by atoms with Gasteiger partial charge in [-0.25, -0.2) is 0 Å². The molecule has 0 aromatic carbocycles. The third kappa shape index (κ3) is 8.24. The summed E-state index contributed by atoms with van der Waals surface area (Å²) in [7, 11) is 0. The van der Waals surface area contributed by atoms with Gasteiger partial charge in [0.05, 0.1) is 0 Å². The van der Waals surface area contributed by atoms with Gasteiger partial charge in [-0.15, -0.1) is 0 Å². The van der Waals surface area contributed by atoms with E-state index in [0.29, 0.717) is 23.2 Å². The summed E-state index contributed by atoms with van der Waals surface area (Å²) < 4.78 is 0. The fraction of sp³-hybridized carbons (Fsp3) is 0.733. The molecule has 0 bridgehead atoms. The van der Waals surface area contributed by atoms with Crippen LogP contribution in [0.25, 0.3) is 0 Å². The molecule has 2 aliphatic rings. The zero-order valence-corrected chi connectivity index (χ0v) is 21.2. The van der Waals surface area contributed by atoms with Gasteiger partial charge in [0, 0.05) is 0 Å². The van der Waals surface area contributed by atoms with Gasteiger partial charge >= 0.3 is 0 Å². The van der Waals surface area contributed by atoms with Crippen molar-refractivity contribution in [3.63, 3.8) is 0 Å². The average molecular weight is 411 g/mol. The van der Waals surface area contributed by atoms with Crippen LogP contribution in [0.2, 0.25) is 0 Å². The van der Waals surface area contributed by atoms with Crippen LogP contribution in [0, 0.1) is 29.1 Å². The van der Waals surface area contributed by atoms with E-state index in [2.05, 4.69) is 66.9 Å². The van der Waals surface area contributed by atoms with Crippen LogP contribution in [0.1, 0.15) is 112 Å². The highest BCUT2D eigenvalue weighted by Crippen LogP contribution is 2.37. The van der Waals surface area contributed by atoms with Gasteiger partial charge in [0.25, 0.3) is 0 Å². The Kier molecular flexibility index (Phi) is 9.70. The van der Waals surface area contributed by atoms with E-state index in [4.69, 9.17) is 0 Å². The predicted molar refractivity (Wildman–Crippen MR) is 136 cm³/mol. The minimum atomic E-state index is 0.447. The van der Waals surface area contributed by atoms with Crippen molar-refractivity contribution < 1.29 is 0 Å². The SMILES string of the molecule is C=C1C(C)CC(=CC=C2CCCCC(C(=C)CCCC(C)(C)C)CCC2C)CC1C. The molecule has 0 saturated heterocycles. The Balaban J connectivity index is 1.94. The number of hydrogen-bond donors (Lipinski definition) is 0. The lowest BCUT2D eigenvalue weighted by Crippen LogP contribution is -2.15. The molecular formula is C30H50. The molecule has 0 N–H and O–H groups in total. The average Bonchev–Trinajstić information content (AvgIpc) is 2.74. The monoisotopic (exact) mass is 410 g/mol. The van der Waals surface area contributed by atoms with Gasteiger partial charge in [-0.3, -0.25) is 0 Å². The minimum Gasteiger partial charge on any atom is -0.0996 e. The molecule has 30 heavy (non-hydrogen) atoms. The first-order valence-electron chi connectivity index (χ1n) is 12.8. The van der Waals surface area contributed by atoms with Crippen LogP contribution in [0.3, 0.4) is 0 Å². The van der Waals surface area contributed by atoms with Gasteiger partial charge in [-0.05, 0) is 93.3 Å². The molecule has 2 rings (SSSR count).